The van der Waals surface area contributed by atoms with Gasteiger partial charge in [0.2, 0.25) is 5.91 Å². The predicted molar refractivity (Wildman–Crippen MR) is 150 cm³/mol. The molecule has 1 heterocycles. The van der Waals surface area contributed by atoms with Crippen molar-refractivity contribution in [1.29, 1.82) is 0 Å². The molecule has 1 unspecified atom stereocenters. The number of methoxy groups -OCH3 is 1. The van der Waals surface area contributed by atoms with Crippen molar-refractivity contribution in [3.05, 3.63) is 107 Å². The molecule has 3 aromatic carbocycles. The van der Waals surface area contributed by atoms with Crippen molar-refractivity contribution >= 4 is 12.0 Å². The molecule has 0 aliphatic carbocycles. The minimum Gasteiger partial charge on any atom is -0.497 e. The Hall–Kier alpha value is -4.16. The molecule has 0 spiro atoms. The van der Waals surface area contributed by atoms with Crippen molar-refractivity contribution < 1.29 is 9.53 Å². The quantitative estimate of drug-likeness (QED) is 0.308. The lowest BCUT2D eigenvalue weighted by Crippen LogP contribution is -2.33. The van der Waals surface area contributed by atoms with Crippen LogP contribution >= 0.6 is 0 Å². The second-order valence-electron chi connectivity index (χ2n) is 9.34. The fourth-order valence-corrected chi connectivity index (χ4v) is 4.18. The van der Waals surface area contributed by atoms with Crippen LogP contribution in [-0.4, -0.2) is 48.3 Å². The van der Waals surface area contributed by atoms with Crippen molar-refractivity contribution in [3.8, 4) is 22.7 Å². The Morgan fingerprint density at radius 3 is 2.41 bits per heavy atom. The number of likely N-dealkylation sites (N-methyl/N-ethyl adjacent to an activating group) is 1. The number of rotatable bonds is 9. The highest BCUT2D eigenvalue weighted by Gasteiger charge is 2.16. The standard InChI is InChI=1S/C31H34N4O2/c1-22-11-12-25(19-23(22)2)31-26(21-35(33-31)27-9-7-6-8-10-27)15-18-30(36)32-20-29(34(3)4)24-13-16-28(37-5)17-14-24/h6-19,21,29H,20H2,1-5H3,(H,32,36). The molecular weight excluding hydrogens is 460 g/mol. The second kappa shape index (κ2) is 11.7. The fourth-order valence-electron chi connectivity index (χ4n) is 4.18. The van der Waals surface area contributed by atoms with Crippen LogP contribution in [0.15, 0.2) is 85.1 Å². The van der Waals surface area contributed by atoms with Gasteiger partial charge in [-0.05, 0) is 81.0 Å². The van der Waals surface area contributed by atoms with E-state index in [0.29, 0.717) is 6.54 Å². The molecule has 4 aromatic rings. The summed E-state index contributed by atoms with van der Waals surface area (Å²) in [6, 6.07) is 24.3. The van der Waals surface area contributed by atoms with Crippen molar-refractivity contribution in [3.63, 3.8) is 0 Å². The Bertz CT molecular complexity index is 1370. The van der Waals surface area contributed by atoms with Crippen LogP contribution in [0.1, 0.15) is 28.3 Å². The van der Waals surface area contributed by atoms with Gasteiger partial charge < -0.3 is 15.0 Å². The van der Waals surface area contributed by atoms with Gasteiger partial charge in [0.1, 0.15) is 5.75 Å². The third kappa shape index (κ3) is 6.35. The number of benzene rings is 3. The Morgan fingerprint density at radius 2 is 1.76 bits per heavy atom. The van der Waals surface area contributed by atoms with Gasteiger partial charge in [0.25, 0.3) is 0 Å². The zero-order valence-electron chi connectivity index (χ0n) is 22.1. The van der Waals surface area contributed by atoms with Gasteiger partial charge in [-0.2, -0.15) is 5.10 Å². The molecular formula is C31H34N4O2. The van der Waals surface area contributed by atoms with E-state index in [1.807, 2.05) is 85.6 Å². The van der Waals surface area contributed by atoms with Gasteiger partial charge in [0, 0.05) is 29.9 Å². The maximum atomic E-state index is 12.8. The first-order chi connectivity index (χ1) is 17.9. The number of ether oxygens (including phenoxy) is 1. The van der Waals surface area contributed by atoms with Crippen molar-refractivity contribution in [2.45, 2.75) is 19.9 Å². The molecule has 0 aliphatic rings. The maximum absolute atomic E-state index is 12.8. The lowest BCUT2D eigenvalue weighted by Gasteiger charge is -2.25. The molecule has 6 nitrogen and oxygen atoms in total. The predicted octanol–water partition coefficient (Wildman–Crippen LogP) is 5.60. The minimum absolute atomic E-state index is 0.0372. The van der Waals surface area contributed by atoms with Gasteiger partial charge in [0.15, 0.2) is 0 Å². The Kier molecular flexibility index (Phi) is 8.21. The van der Waals surface area contributed by atoms with Crippen molar-refractivity contribution in [2.75, 3.05) is 27.7 Å². The lowest BCUT2D eigenvalue weighted by molar-refractivity contribution is -0.116. The van der Waals surface area contributed by atoms with Crippen LogP contribution < -0.4 is 10.1 Å². The zero-order chi connectivity index (χ0) is 26.4. The van der Waals surface area contributed by atoms with Crippen LogP contribution in [0.3, 0.4) is 0 Å². The largest absolute Gasteiger partial charge is 0.497 e. The summed E-state index contributed by atoms with van der Waals surface area (Å²) in [5.74, 6) is 0.655. The summed E-state index contributed by atoms with van der Waals surface area (Å²) in [6.07, 6.45) is 5.38. The van der Waals surface area contributed by atoms with Crippen LogP contribution in [-0.2, 0) is 4.79 Å². The van der Waals surface area contributed by atoms with E-state index >= 15 is 0 Å². The molecule has 37 heavy (non-hydrogen) atoms. The Labute approximate surface area is 219 Å². The van der Waals surface area contributed by atoms with Crippen LogP contribution in [0.5, 0.6) is 5.75 Å². The molecule has 0 bridgehead atoms. The number of para-hydroxylation sites is 1. The minimum atomic E-state index is -0.154. The molecule has 190 valence electrons. The van der Waals surface area contributed by atoms with E-state index in [9.17, 15) is 4.79 Å². The van der Waals surface area contributed by atoms with Gasteiger partial charge in [-0.1, -0.05) is 42.5 Å². The van der Waals surface area contributed by atoms with Crippen LogP contribution in [0.4, 0.5) is 0 Å². The topological polar surface area (TPSA) is 59.4 Å². The van der Waals surface area contributed by atoms with Crippen LogP contribution in [0, 0.1) is 13.8 Å². The number of carbonyl (C=O) groups is 1. The molecule has 0 saturated heterocycles. The van der Waals surface area contributed by atoms with Gasteiger partial charge in [-0.15, -0.1) is 0 Å². The smallest absolute Gasteiger partial charge is 0.244 e. The van der Waals surface area contributed by atoms with E-state index in [4.69, 9.17) is 9.84 Å². The number of nitrogens with zero attached hydrogens (tertiary/aromatic N) is 3. The SMILES string of the molecule is COc1ccc(C(CNC(=O)C=Cc2cn(-c3ccccc3)nc2-c2ccc(C)c(C)c2)N(C)C)cc1. The lowest BCUT2D eigenvalue weighted by atomic mass is 10.0. The summed E-state index contributed by atoms with van der Waals surface area (Å²) in [7, 11) is 5.66. The average Bonchev–Trinajstić information content (AvgIpc) is 3.34. The van der Waals surface area contributed by atoms with Crippen molar-refractivity contribution in [1.82, 2.24) is 20.0 Å². The van der Waals surface area contributed by atoms with E-state index < -0.39 is 0 Å². The fraction of sp³-hybridized carbons (Fsp3) is 0.226. The molecule has 1 atom stereocenters. The van der Waals surface area contributed by atoms with E-state index in [2.05, 4.69) is 42.3 Å². The third-order valence-electron chi connectivity index (χ3n) is 6.55. The van der Waals surface area contributed by atoms with Gasteiger partial charge in [0.05, 0.1) is 24.5 Å². The average molecular weight is 495 g/mol. The number of hydrogen-bond donors (Lipinski definition) is 1. The molecule has 6 heteroatoms. The Morgan fingerprint density at radius 1 is 1.03 bits per heavy atom. The summed E-state index contributed by atoms with van der Waals surface area (Å²) >= 11 is 0. The third-order valence-corrected chi connectivity index (χ3v) is 6.55. The molecule has 0 saturated carbocycles. The number of carbonyl (C=O) groups excluding carboxylic acids is 1. The first-order valence-corrected chi connectivity index (χ1v) is 12.3. The number of aryl methyl sites for hydroxylation is 2. The number of hydrogen-bond acceptors (Lipinski definition) is 4. The molecule has 1 amide bonds. The molecule has 1 N–H and O–H groups in total. The highest BCUT2D eigenvalue weighted by molar-refractivity contribution is 5.92. The zero-order valence-corrected chi connectivity index (χ0v) is 22.1. The number of nitrogens with one attached hydrogen (secondary N) is 1. The Balaban J connectivity index is 1.55. The van der Waals surface area contributed by atoms with Gasteiger partial charge in [-0.25, -0.2) is 4.68 Å². The molecule has 0 fully saturated rings. The summed E-state index contributed by atoms with van der Waals surface area (Å²) in [5, 5.41) is 7.92. The van der Waals surface area contributed by atoms with E-state index in [-0.39, 0.29) is 11.9 Å². The number of aromatic nitrogens is 2. The van der Waals surface area contributed by atoms with E-state index in [1.54, 1.807) is 13.2 Å². The summed E-state index contributed by atoms with van der Waals surface area (Å²) < 4.78 is 7.12. The molecule has 0 aliphatic heterocycles. The highest BCUT2D eigenvalue weighted by atomic mass is 16.5. The highest BCUT2D eigenvalue weighted by Crippen LogP contribution is 2.27. The first-order valence-electron chi connectivity index (χ1n) is 12.3. The molecule has 0 radical (unpaired) electrons. The normalized spacial score (nSPS) is 12.2. The van der Waals surface area contributed by atoms with E-state index in [1.165, 1.54) is 11.1 Å². The van der Waals surface area contributed by atoms with Crippen molar-refractivity contribution in [2.24, 2.45) is 0 Å². The van der Waals surface area contributed by atoms with E-state index in [0.717, 1.165) is 33.8 Å². The summed E-state index contributed by atoms with van der Waals surface area (Å²) in [4.78, 5) is 14.9. The summed E-state index contributed by atoms with van der Waals surface area (Å²) in [5.41, 5.74) is 7.23. The molecule has 4 rings (SSSR count). The first kappa shape index (κ1) is 25.9. The number of amides is 1. The van der Waals surface area contributed by atoms with Gasteiger partial charge >= 0.3 is 0 Å². The monoisotopic (exact) mass is 494 g/mol. The summed E-state index contributed by atoms with van der Waals surface area (Å²) in [6.45, 7) is 4.68. The van der Waals surface area contributed by atoms with Crippen LogP contribution in [0.2, 0.25) is 0 Å². The van der Waals surface area contributed by atoms with Gasteiger partial charge in [-0.3, -0.25) is 4.79 Å². The maximum Gasteiger partial charge on any atom is 0.244 e. The van der Waals surface area contributed by atoms with Crippen LogP contribution in [0.25, 0.3) is 23.0 Å². The molecule has 1 aromatic heterocycles. The second-order valence-corrected chi connectivity index (χ2v) is 9.34.